The standard InChI is InChI=1S/C18H27N5O4/c1-12(2)9-14(18(19)25)22-15-11-20-13(10-21-15)6-7-16(24)23-27-17-5-3-4-8-26-17/h6-7,10-12,14,17H,3-5,8-9H2,1-2H3,(H2,19,25)(H,21,22)(H,23,24)/t14-,17?/m1/s1. The molecule has 0 aromatic carbocycles. The minimum absolute atomic E-state index is 0.310. The van der Waals surface area contributed by atoms with Crippen LogP contribution in [0.15, 0.2) is 18.5 Å². The number of nitrogens with two attached hydrogens (primary N) is 1. The molecule has 4 N–H and O–H groups in total. The fourth-order valence-corrected chi connectivity index (χ4v) is 2.52. The number of nitrogens with zero attached hydrogens (tertiary/aromatic N) is 2. The van der Waals surface area contributed by atoms with Gasteiger partial charge in [-0.25, -0.2) is 15.3 Å². The number of rotatable bonds is 9. The largest absolute Gasteiger partial charge is 0.368 e. The summed E-state index contributed by atoms with van der Waals surface area (Å²) in [6, 6.07) is -0.509. The molecule has 1 aliphatic heterocycles. The van der Waals surface area contributed by atoms with Crippen LogP contribution in [0.1, 0.15) is 45.2 Å². The summed E-state index contributed by atoms with van der Waals surface area (Å²) >= 11 is 0. The molecule has 1 unspecified atom stereocenters. The van der Waals surface area contributed by atoms with E-state index in [2.05, 4.69) is 20.8 Å². The number of carbonyl (C=O) groups excluding carboxylic acids is 2. The van der Waals surface area contributed by atoms with Crippen molar-refractivity contribution >= 4 is 23.7 Å². The molecule has 1 aromatic rings. The Hall–Kier alpha value is -2.52. The van der Waals surface area contributed by atoms with Crippen LogP contribution < -0.4 is 16.5 Å². The highest BCUT2D eigenvalue weighted by Gasteiger charge is 2.17. The molecular weight excluding hydrogens is 350 g/mol. The maximum absolute atomic E-state index is 11.8. The fraction of sp³-hybridized carbons (Fsp3) is 0.556. The van der Waals surface area contributed by atoms with Crippen LogP contribution in [-0.4, -0.2) is 40.7 Å². The number of carbonyl (C=O) groups is 2. The minimum atomic E-state index is -0.509. The molecule has 1 fully saturated rings. The first kappa shape index (κ1) is 20.8. The van der Waals surface area contributed by atoms with Crippen molar-refractivity contribution < 1.29 is 19.2 Å². The van der Waals surface area contributed by atoms with Crippen molar-refractivity contribution in [3.8, 4) is 0 Å². The zero-order valence-electron chi connectivity index (χ0n) is 15.7. The second-order valence-corrected chi connectivity index (χ2v) is 6.77. The minimum Gasteiger partial charge on any atom is -0.368 e. The van der Waals surface area contributed by atoms with E-state index in [1.165, 1.54) is 24.5 Å². The van der Waals surface area contributed by atoms with E-state index in [4.69, 9.17) is 15.3 Å². The second kappa shape index (κ2) is 10.6. The Morgan fingerprint density at radius 1 is 1.37 bits per heavy atom. The van der Waals surface area contributed by atoms with Gasteiger partial charge in [-0.15, -0.1) is 0 Å². The number of primary amides is 1. The summed E-state index contributed by atoms with van der Waals surface area (Å²) in [5.74, 6) is -0.101. The highest BCUT2D eigenvalue weighted by atomic mass is 16.8. The molecular formula is C18H27N5O4. The number of hydroxylamine groups is 1. The quantitative estimate of drug-likeness (QED) is 0.438. The Kier molecular flexibility index (Phi) is 8.15. The third-order valence-electron chi connectivity index (χ3n) is 3.88. The summed E-state index contributed by atoms with van der Waals surface area (Å²) in [5, 5.41) is 2.97. The first-order chi connectivity index (χ1) is 12.9. The lowest BCUT2D eigenvalue weighted by Gasteiger charge is -2.21. The molecule has 1 aliphatic rings. The van der Waals surface area contributed by atoms with Crippen molar-refractivity contribution in [1.82, 2.24) is 15.4 Å². The van der Waals surface area contributed by atoms with Crippen molar-refractivity contribution in [1.29, 1.82) is 0 Å². The van der Waals surface area contributed by atoms with Gasteiger partial charge in [0.1, 0.15) is 11.9 Å². The van der Waals surface area contributed by atoms with Crippen LogP contribution >= 0.6 is 0 Å². The predicted octanol–water partition coefficient (Wildman–Crippen LogP) is 1.38. The molecule has 0 aliphatic carbocycles. The van der Waals surface area contributed by atoms with E-state index in [1.54, 1.807) is 0 Å². The number of anilines is 1. The van der Waals surface area contributed by atoms with Gasteiger partial charge in [-0.1, -0.05) is 13.8 Å². The number of ether oxygens (including phenoxy) is 1. The number of aromatic nitrogens is 2. The monoisotopic (exact) mass is 377 g/mol. The molecule has 1 aromatic heterocycles. The average molecular weight is 377 g/mol. The summed E-state index contributed by atoms with van der Waals surface area (Å²) in [5.41, 5.74) is 8.22. The van der Waals surface area contributed by atoms with E-state index in [-0.39, 0.29) is 0 Å². The molecule has 2 rings (SSSR count). The van der Waals surface area contributed by atoms with E-state index in [0.717, 1.165) is 19.3 Å². The van der Waals surface area contributed by atoms with Crippen LogP contribution in [0.2, 0.25) is 0 Å². The Morgan fingerprint density at radius 2 is 2.19 bits per heavy atom. The van der Waals surface area contributed by atoms with Gasteiger partial charge in [-0.05, 0) is 31.3 Å². The summed E-state index contributed by atoms with van der Waals surface area (Å²) < 4.78 is 5.35. The first-order valence-corrected chi connectivity index (χ1v) is 9.07. The molecule has 27 heavy (non-hydrogen) atoms. The molecule has 0 spiro atoms. The van der Waals surface area contributed by atoms with Crippen molar-refractivity contribution in [2.45, 2.75) is 51.9 Å². The van der Waals surface area contributed by atoms with Gasteiger partial charge in [-0.3, -0.25) is 14.6 Å². The highest BCUT2D eigenvalue weighted by molar-refractivity contribution is 5.90. The number of nitrogens with one attached hydrogen (secondary N) is 2. The van der Waals surface area contributed by atoms with Crippen molar-refractivity contribution in [2.24, 2.45) is 11.7 Å². The van der Waals surface area contributed by atoms with Gasteiger partial charge in [0, 0.05) is 19.1 Å². The van der Waals surface area contributed by atoms with Gasteiger partial charge in [-0.2, -0.15) is 0 Å². The average Bonchev–Trinajstić information content (AvgIpc) is 2.65. The molecule has 2 heterocycles. The summed E-state index contributed by atoms with van der Waals surface area (Å²) in [6.07, 6.45) is 8.77. The van der Waals surface area contributed by atoms with E-state index in [0.29, 0.717) is 30.5 Å². The van der Waals surface area contributed by atoms with Gasteiger partial charge in [0.05, 0.1) is 18.1 Å². The Labute approximate surface area is 158 Å². The molecule has 9 nitrogen and oxygen atoms in total. The summed E-state index contributed by atoms with van der Waals surface area (Å²) in [7, 11) is 0. The topological polar surface area (TPSA) is 128 Å². The molecule has 148 valence electrons. The third kappa shape index (κ3) is 7.71. The van der Waals surface area contributed by atoms with Crippen LogP contribution in [0, 0.1) is 5.92 Å². The lowest BCUT2D eigenvalue weighted by atomic mass is 10.0. The zero-order chi connectivity index (χ0) is 19.6. The van der Waals surface area contributed by atoms with E-state index < -0.39 is 24.1 Å². The first-order valence-electron chi connectivity index (χ1n) is 9.07. The van der Waals surface area contributed by atoms with Crippen LogP contribution in [0.5, 0.6) is 0 Å². The van der Waals surface area contributed by atoms with Crippen LogP contribution in [-0.2, 0) is 19.2 Å². The van der Waals surface area contributed by atoms with Gasteiger partial charge >= 0.3 is 0 Å². The normalized spacial score (nSPS) is 18.4. The lowest BCUT2D eigenvalue weighted by Crippen LogP contribution is -2.36. The third-order valence-corrected chi connectivity index (χ3v) is 3.88. The number of amides is 2. The molecule has 1 saturated heterocycles. The lowest BCUT2D eigenvalue weighted by molar-refractivity contribution is -0.198. The zero-order valence-corrected chi connectivity index (χ0v) is 15.7. The molecule has 2 amide bonds. The van der Waals surface area contributed by atoms with Crippen molar-refractivity contribution in [2.75, 3.05) is 11.9 Å². The maximum Gasteiger partial charge on any atom is 0.267 e. The molecule has 0 saturated carbocycles. The molecule has 2 atom stereocenters. The molecule has 0 bridgehead atoms. The van der Waals surface area contributed by atoms with E-state index in [9.17, 15) is 9.59 Å². The van der Waals surface area contributed by atoms with E-state index >= 15 is 0 Å². The second-order valence-electron chi connectivity index (χ2n) is 6.77. The van der Waals surface area contributed by atoms with Gasteiger partial charge in [0.2, 0.25) is 5.91 Å². The predicted molar refractivity (Wildman–Crippen MR) is 99.9 cm³/mol. The van der Waals surface area contributed by atoms with Crippen LogP contribution in [0.3, 0.4) is 0 Å². The molecule has 0 radical (unpaired) electrons. The Balaban J connectivity index is 1.82. The summed E-state index contributed by atoms with van der Waals surface area (Å²) in [4.78, 5) is 36.8. The van der Waals surface area contributed by atoms with E-state index in [1.807, 2.05) is 13.8 Å². The maximum atomic E-state index is 11.8. The van der Waals surface area contributed by atoms with Gasteiger partial charge in [0.25, 0.3) is 5.91 Å². The fourth-order valence-electron chi connectivity index (χ4n) is 2.52. The van der Waals surface area contributed by atoms with Gasteiger partial charge in [0.15, 0.2) is 6.29 Å². The Morgan fingerprint density at radius 3 is 2.78 bits per heavy atom. The summed E-state index contributed by atoms with van der Waals surface area (Å²) in [6.45, 7) is 4.65. The van der Waals surface area contributed by atoms with Crippen LogP contribution in [0.25, 0.3) is 6.08 Å². The molecule has 9 heteroatoms. The Bertz CT molecular complexity index is 642. The van der Waals surface area contributed by atoms with Crippen molar-refractivity contribution in [3.05, 3.63) is 24.2 Å². The highest BCUT2D eigenvalue weighted by Crippen LogP contribution is 2.13. The van der Waals surface area contributed by atoms with Crippen molar-refractivity contribution in [3.63, 3.8) is 0 Å². The number of hydrogen-bond donors (Lipinski definition) is 3. The number of hydrogen-bond acceptors (Lipinski definition) is 7. The SMILES string of the molecule is CC(C)C[C@@H](Nc1cnc(C=CC(=O)NOC2CCCCO2)cn1)C(N)=O. The van der Waals surface area contributed by atoms with Gasteiger partial charge < -0.3 is 15.8 Å². The smallest absolute Gasteiger partial charge is 0.267 e. The van der Waals surface area contributed by atoms with Crippen LogP contribution in [0.4, 0.5) is 5.82 Å².